The summed E-state index contributed by atoms with van der Waals surface area (Å²) in [6, 6.07) is 1.24. The number of fused-ring (bicyclic) bond motifs is 2. The molecule has 1 aromatic rings. The molecule has 0 spiro atoms. The molecule has 0 radical (unpaired) electrons. The molecule has 98 valence electrons. The van der Waals surface area contributed by atoms with E-state index in [0.717, 1.165) is 44.0 Å². The monoisotopic (exact) mass is 249 g/mol. The van der Waals surface area contributed by atoms with E-state index in [0.29, 0.717) is 24.1 Å². The van der Waals surface area contributed by atoms with Gasteiger partial charge in [0.2, 0.25) is 5.89 Å². The summed E-state index contributed by atoms with van der Waals surface area (Å²) in [6.45, 7) is 0.881. The van der Waals surface area contributed by atoms with E-state index in [1.165, 1.54) is 12.8 Å². The maximum absolute atomic E-state index is 5.61. The normalized spacial score (nSPS) is 38.7. The molecular formula is C13H19N3O2. The Hall–Kier alpha value is -0.940. The fourth-order valence-corrected chi connectivity index (χ4v) is 3.61. The van der Waals surface area contributed by atoms with Gasteiger partial charge >= 0.3 is 0 Å². The van der Waals surface area contributed by atoms with Crippen LogP contribution in [0.2, 0.25) is 0 Å². The third-order valence-electron chi connectivity index (χ3n) is 4.54. The summed E-state index contributed by atoms with van der Waals surface area (Å²) in [7, 11) is 0. The van der Waals surface area contributed by atoms with Crippen molar-refractivity contribution in [3.8, 4) is 0 Å². The van der Waals surface area contributed by atoms with Crippen LogP contribution in [-0.4, -0.2) is 34.9 Å². The fourth-order valence-electron chi connectivity index (χ4n) is 3.61. The summed E-state index contributed by atoms with van der Waals surface area (Å²) >= 11 is 0. The standard InChI is InChI=1S/C13H19N3O2/c1-2-9(17-5-1)7-12-15-13(18-16-12)10-6-8-3-4-11(10)14-8/h8-11,14H,1-7H2. The lowest BCUT2D eigenvalue weighted by molar-refractivity contribution is 0.109. The van der Waals surface area contributed by atoms with Gasteiger partial charge in [0.05, 0.1) is 12.0 Å². The smallest absolute Gasteiger partial charge is 0.231 e. The Morgan fingerprint density at radius 2 is 2.28 bits per heavy atom. The number of hydrogen-bond donors (Lipinski definition) is 1. The Morgan fingerprint density at radius 3 is 3.00 bits per heavy atom. The average Bonchev–Trinajstić information content (AvgIpc) is 3.14. The first-order valence-electron chi connectivity index (χ1n) is 7.08. The molecule has 3 saturated heterocycles. The molecule has 0 aliphatic carbocycles. The molecule has 2 bridgehead atoms. The van der Waals surface area contributed by atoms with Gasteiger partial charge < -0.3 is 14.6 Å². The number of nitrogens with one attached hydrogen (secondary N) is 1. The lowest BCUT2D eigenvalue weighted by atomic mass is 9.89. The second-order valence-corrected chi connectivity index (χ2v) is 5.78. The van der Waals surface area contributed by atoms with Gasteiger partial charge in [0.25, 0.3) is 0 Å². The van der Waals surface area contributed by atoms with Gasteiger partial charge in [0, 0.05) is 25.1 Å². The first kappa shape index (κ1) is 10.9. The molecule has 3 aliphatic rings. The lowest BCUT2D eigenvalue weighted by Gasteiger charge is -2.15. The Balaban J connectivity index is 1.45. The highest BCUT2D eigenvalue weighted by molar-refractivity contribution is 5.10. The molecule has 0 amide bonds. The minimum atomic E-state index is 0.300. The van der Waals surface area contributed by atoms with Crippen LogP contribution < -0.4 is 5.32 Å². The van der Waals surface area contributed by atoms with Gasteiger partial charge in [-0.15, -0.1) is 0 Å². The third kappa shape index (κ3) is 1.86. The molecular weight excluding hydrogens is 230 g/mol. The maximum Gasteiger partial charge on any atom is 0.231 e. The van der Waals surface area contributed by atoms with Gasteiger partial charge in [0.1, 0.15) is 0 Å². The van der Waals surface area contributed by atoms with Crippen LogP contribution in [0.15, 0.2) is 4.52 Å². The Kier molecular flexibility index (Phi) is 2.62. The van der Waals surface area contributed by atoms with Crippen molar-refractivity contribution in [3.63, 3.8) is 0 Å². The molecule has 5 nitrogen and oxygen atoms in total. The quantitative estimate of drug-likeness (QED) is 0.877. The molecule has 18 heavy (non-hydrogen) atoms. The van der Waals surface area contributed by atoms with E-state index in [1.54, 1.807) is 0 Å². The molecule has 4 rings (SSSR count). The molecule has 4 atom stereocenters. The third-order valence-corrected chi connectivity index (χ3v) is 4.54. The van der Waals surface area contributed by atoms with Gasteiger partial charge in [0.15, 0.2) is 5.82 Å². The number of hydrogen-bond acceptors (Lipinski definition) is 5. The fraction of sp³-hybridized carbons (Fsp3) is 0.846. The highest BCUT2D eigenvalue weighted by atomic mass is 16.5. The summed E-state index contributed by atoms with van der Waals surface area (Å²) < 4.78 is 11.1. The van der Waals surface area contributed by atoms with Crippen molar-refractivity contribution >= 4 is 0 Å². The van der Waals surface area contributed by atoms with E-state index in [9.17, 15) is 0 Å². The molecule has 3 aliphatic heterocycles. The van der Waals surface area contributed by atoms with Gasteiger partial charge in [-0.1, -0.05) is 5.16 Å². The molecule has 5 heteroatoms. The summed E-state index contributed by atoms with van der Waals surface area (Å²) in [5, 5.41) is 7.72. The first-order chi connectivity index (χ1) is 8.88. The SMILES string of the molecule is C1COC(Cc2noc(C3CC4CCC3N4)n2)C1. The van der Waals surface area contributed by atoms with Crippen molar-refractivity contribution in [1.29, 1.82) is 0 Å². The van der Waals surface area contributed by atoms with Crippen molar-refractivity contribution in [1.82, 2.24) is 15.5 Å². The van der Waals surface area contributed by atoms with Crippen molar-refractivity contribution in [2.24, 2.45) is 0 Å². The predicted molar refractivity (Wildman–Crippen MR) is 64.3 cm³/mol. The molecule has 4 heterocycles. The zero-order valence-electron chi connectivity index (χ0n) is 10.5. The molecule has 1 aromatic heterocycles. The van der Waals surface area contributed by atoms with Crippen LogP contribution >= 0.6 is 0 Å². The zero-order chi connectivity index (χ0) is 11.9. The van der Waals surface area contributed by atoms with E-state index < -0.39 is 0 Å². The van der Waals surface area contributed by atoms with E-state index in [-0.39, 0.29) is 0 Å². The van der Waals surface area contributed by atoms with Gasteiger partial charge in [-0.25, -0.2) is 0 Å². The van der Waals surface area contributed by atoms with E-state index in [1.807, 2.05) is 0 Å². The largest absolute Gasteiger partial charge is 0.378 e. The number of rotatable bonds is 3. The summed E-state index contributed by atoms with van der Waals surface area (Å²) in [5.74, 6) is 2.09. The van der Waals surface area contributed by atoms with Crippen molar-refractivity contribution in [2.75, 3.05) is 6.61 Å². The lowest BCUT2D eigenvalue weighted by Crippen LogP contribution is -2.21. The van der Waals surface area contributed by atoms with Crippen LogP contribution in [0.4, 0.5) is 0 Å². The molecule has 0 aromatic carbocycles. The van der Waals surface area contributed by atoms with E-state index >= 15 is 0 Å². The van der Waals surface area contributed by atoms with E-state index in [4.69, 9.17) is 9.26 Å². The second kappa shape index (κ2) is 4.31. The second-order valence-electron chi connectivity index (χ2n) is 5.78. The highest BCUT2D eigenvalue weighted by Gasteiger charge is 2.42. The van der Waals surface area contributed by atoms with Crippen LogP contribution in [0.1, 0.15) is 49.7 Å². The maximum atomic E-state index is 5.61. The Bertz CT molecular complexity index is 428. The van der Waals surface area contributed by atoms with Crippen LogP contribution in [-0.2, 0) is 11.2 Å². The Morgan fingerprint density at radius 1 is 1.28 bits per heavy atom. The molecule has 4 unspecified atom stereocenters. The van der Waals surface area contributed by atoms with Crippen LogP contribution in [0.3, 0.4) is 0 Å². The van der Waals surface area contributed by atoms with Gasteiger partial charge in [-0.3, -0.25) is 0 Å². The van der Waals surface area contributed by atoms with Crippen LogP contribution in [0.5, 0.6) is 0 Å². The minimum Gasteiger partial charge on any atom is -0.378 e. The van der Waals surface area contributed by atoms with Crippen LogP contribution in [0, 0.1) is 0 Å². The van der Waals surface area contributed by atoms with Crippen molar-refractivity contribution in [2.45, 2.75) is 62.6 Å². The topological polar surface area (TPSA) is 60.2 Å². The van der Waals surface area contributed by atoms with Crippen LogP contribution in [0.25, 0.3) is 0 Å². The molecule has 1 N–H and O–H groups in total. The summed E-state index contributed by atoms with van der Waals surface area (Å²) in [4.78, 5) is 4.58. The minimum absolute atomic E-state index is 0.300. The number of aromatic nitrogens is 2. The predicted octanol–water partition coefficient (Wildman–Crippen LogP) is 1.40. The zero-order valence-corrected chi connectivity index (χ0v) is 10.5. The van der Waals surface area contributed by atoms with Gasteiger partial charge in [-0.05, 0) is 32.1 Å². The van der Waals surface area contributed by atoms with Gasteiger partial charge in [-0.2, -0.15) is 4.98 Å². The first-order valence-corrected chi connectivity index (χ1v) is 7.08. The summed E-state index contributed by atoms with van der Waals surface area (Å²) in [6.07, 6.45) is 7.10. The van der Waals surface area contributed by atoms with E-state index in [2.05, 4.69) is 15.5 Å². The van der Waals surface area contributed by atoms with Crippen molar-refractivity contribution < 1.29 is 9.26 Å². The molecule has 0 saturated carbocycles. The summed E-state index contributed by atoms with van der Waals surface area (Å²) in [5.41, 5.74) is 0. The highest BCUT2D eigenvalue weighted by Crippen LogP contribution is 2.39. The Labute approximate surface area is 106 Å². The number of ether oxygens (including phenoxy) is 1. The average molecular weight is 249 g/mol. The van der Waals surface area contributed by atoms with Crippen molar-refractivity contribution in [3.05, 3.63) is 11.7 Å². The molecule has 3 fully saturated rings. The number of nitrogens with zero attached hydrogens (tertiary/aromatic N) is 2.